The van der Waals surface area contributed by atoms with Gasteiger partial charge < -0.3 is 11.1 Å². The maximum absolute atomic E-state index is 11.6. The van der Waals surface area contributed by atoms with Crippen LogP contribution in [-0.4, -0.2) is 27.7 Å². The van der Waals surface area contributed by atoms with Gasteiger partial charge in [-0.05, 0) is 33.3 Å². The summed E-state index contributed by atoms with van der Waals surface area (Å²) in [6, 6.07) is 0.138. The average molecular weight is 310 g/mol. The highest BCUT2D eigenvalue weighted by atomic mass is 32.2. The van der Waals surface area contributed by atoms with Crippen molar-refractivity contribution in [2.45, 2.75) is 38.9 Å². The maximum atomic E-state index is 11.6. The van der Waals surface area contributed by atoms with Crippen molar-refractivity contribution in [1.29, 1.82) is 0 Å². The molecule has 1 amide bonds. The summed E-state index contributed by atoms with van der Waals surface area (Å²) in [6.07, 6.45) is 0. The van der Waals surface area contributed by atoms with Crippen molar-refractivity contribution < 1.29 is 4.79 Å². The van der Waals surface area contributed by atoms with Crippen LogP contribution in [-0.2, 0) is 4.79 Å². The van der Waals surface area contributed by atoms with Crippen molar-refractivity contribution in [2.24, 2.45) is 0 Å². The van der Waals surface area contributed by atoms with Gasteiger partial charge in [0.15, 0.2) is 5.16 Å². The van der Waals surface area contributed by atoms with E-state index < -0.39 is 0 Å². The SMILES string of the molecule is Cc1sc2nc(SCC(=O)NC(C)C)nc(N)c2c1C. The Morgan fingerprint density at radius 2 is 2.10 bits per heavy atom. The lowest BCUT2D eigenvalue weighted by atomic mass is 10.2. The van der Waals surface area contributed by atoms with Crippen molar-refractivity contribution in [1.82, 2.24) is 15.3 Å². The van der Waals surface area contributed by atoms with Crippen LogP contribution in [0, 0.1) is 13.8 Å². The summed E-state index contributed by atoms with van der Waals surface area (Å²) in [7, 11) is 0. The van der Waals surface area contributed by atoms with Crippen LogP contribution in [0.3, 0.4) is 0 Å². The second-order valence-corrected chi connectivity index (χ2v) is 7.01. The molecule has 0 atom stereocenters. The van der Waals surface area contributed by atoms with Crippen LogP contribution in [0.4, 0.5) is 5.82 Å². The fourth-order valence-electron chi connectivity index (χ4n) is 1.82. The Bertz CT molecular complexity index is 651. The van der Waals surface area contributed by atoms with Gasteiger partial charge in [-0.2, -0.15) is 0 Å². The number of anilines is 1. The number of hydrogen-bond acceptors (Lipinski definition) is 6. The summed E-state index contributed by atoms with van der Waals surface area (Å²) in [4.78, 5) is 22.5. The number of nitrogen functional groups attached to an aromatic ring is 1. The topological polar surface area (TPSA) is 80.9 Å². The standard InChI is InChI=1S/C13H18N4OS2/c1-6(2)15-9(18)5-19-13-16-11(14)10-7(3)8(4)20-12(10)17-13/h6H,5H2,1-4H3,(H,15,18)(H2,14,16,17). The highest BCUT2D eigenvalue weighted by molar-refractivity contribution is 7.99. The minimum absolute atomic E-state index is 0.0224. The largest absolute Gasteiger partial charge is 0.383 e. The summed E-state index contributed by atoms with van der Waals surface area (Å²) in [6.45, 7) is 7.93. The molecule has 108 valence electrons. The van der Waals surface area contributed by atoms with Crippen molar-refractivity contribution in [3.05, 3.63) is 10.4 Å². The lowest BCUT2D eigenvalue weighted by molar-refractivity contribution is -0.119. The number of amides is 1. The van der Waals surface area contributed by atoms with E-state index in [4.69, 9.17) is 5.73 Å². The first-order chi connectivity index (χ1) is 9.38. The summed E-state index contributed by atoms with van der Waals surface area (Å²) in [5.41, 5.74) is 7.14. The van der Waals surface area contributed by atoms with Gasteiger partial charge >= 0.3 is 0 Å². The molecule has 0 radical (unpaired) electrons. The third kappa shape index (κ3) is 3.21. The summed E-state index contributed by atoms with van der Waals surface area (Å²) in [5.74, 6) is 0.765. The van der Waals surface area contributed by atoms with Crippen molar-refractivity contribution in [2.75, 3.05) is 11.5 Å². The Kier molecular flexibility index (Phi) is 4.49. The molecule has 0 aliphatic carbocycles. The number of aryl methyl sites for hydroxylation is 2. The molecular weight excluding hydrogens is 292 g/mol. The summed E-state index contributed by atoms with van der Waals surface area (Å²) in [5, 5.41) is 4.32. The molecule has 20 heavy (non-hydrogen) atoms. The summed E-state index contributed by atoms with van der Waals surface area (Å²) >= 11 is 2.91. The molecule has 7 heteroatoms. The summed E-state index contributed by atoms with van der Waals surface area (Å²) < 4.78 is 0. The molecule has 0 saturated heterocycles. The fourth-order valence-corrected chi connectivity index (χ4v) is 3.58. The maximum Gasteiger partial charge on any atom is 0.230 e. The van der Waals surface area contributed by atoms with Gasteiger partial charge in [0.1, 0.15) is 10.6 Å². The van der Waals surface area contributed by atoms with Crippen LogP contribution in [0.15, 0.2) is 5.16 Å². The molecular formula is C13H18N4OS2. The minimum Gasteiger partial charge on any atom is -0.383 e. The molecule has 2 aromatic rings. The molecule has 0 aromatic carbocycles. The van der Waals surface area contributed by atoms with E-state index in [0.29, 0.717) is 16.7 Å². The molecule has 0 aliphatic heterocycles. The van der Waals surface area contributed by atoms with Crippen LogP contribution in [0.1, 0.15) is 24.3 Å². The highest BCUT2D eigenvalue weighted by Gasteiger charge is 2.13. The monoisotopic (exact) mass is 310 g/mol. The molecule has 0 saturated carbocycles. The molecule has 0 fully saturated rings. The molecule has 3 N–H and O–H groups in total. The number of nitrogens with two attached hydrogens (primary N) is 1. The number of nitrogens with one attached hydrogen (secondary N) is 1. The molecule has 5 nitrogen and oxygen atoms in total. The Morgan fingerprint density at radius 1 is 1.40 bits per heavy atom. The van der Waals surface area contributed by atoms with Gasteiger partial charge in [0.05, 0.1) is 11.1 Å². The van der Waals surface area contributed by atoms with Gasteiger partial charge in [0, 0.05) is 10.9 Å². The van der Waals surface area contributed by atoms with Crippen molar-refractivity contribution >= 4 is 45.0 Å². The lowest BCUT2D eigenvalue weighted by Gasteiger charge is -2.07. The number of carbonyl (C=O) groups is 1. The molecule has 0 unspecified atom stereocenters. The molecule has 0 bridgehead atoms. The van der Waals surface area contributed by atoms with Gasteiger partial charge in [-0.15, -0.1) is 11.3 Å². The number of aromatic nitrogens is 2. The fraction of sp³-hybridized carbons (Fsp3) is 0.462. The number of fused-ring (bicyclic) bond motifs is 1. The Balaban J connectivity index is 2.18. The van der Waals surface area contributed by atoms with Gasteiger partial charge in [0.25, 0.3) is 0 Å². The van der Waals surface area contributed by atoms with Crippen molar-refractivity contribution in [3.8, 4) is 0 Å². The van der Waals surface area contributed by atoms with Crippen LogP contribution in [0.25, 0.3) is 10.2 Å². The second kappa shape index (κ2) is 5.97. The molecule has 0 aliphatic rings. The second-order valence-electron chi connectivity index (χ2n) is 4.87. The van der Waals surface area contributed by atoms with E-state index in [0.717, 1.165) is 15.8 Å². The van der Waals surface area contributed by atoms with E-state index in [1.807, 2.05) is 27.7 Å². The van der Waals surface area contributed by atoms with Gasteiger partial charge in [-0.25, -0.2) is 9.97 Å². The Hall–Kier alpha value is -1.34. The van der Waals surface area contributed by atoms with Crippen molar-refractivity contribution in [3.63, 3.8) is 0 Å². The molecule has 2 rings (SSSR count). The van der Waals surface area contributed by atoms with Crippen LogP contribution >= 0.6 is 23.1 Å². The van der Waals surface area contributed by atoms with E-state index in [-0.39, 0.29) is 11.9 Å². The van der Waals surface area contributed by atoms with E-state index in [1.165, 1.54) is 16.6 Å². The third-order valence-electron chi connectivity index (χ3n) is 2.82. The molecule has 2 aromatic heterocycles. The first-order valence-electron chi connectivity index (χ1n) is 6.34. The van der Waals surface area contributed by atoms with Gasteiger partial charge in [0.2, 0.25) is 5.91 Å². The van der Waals surface area contributed by atoms with Gasteiger partial charge in [-0.3, -0.25) is 4.79 Å². The minimum atomic E-state index is -0.0224. The van der Waals surface area contributed by atoms with Crippen LogP contribution in [0.2, 0.25) is 0 Å². The molecule has 2 heterocycles. The van der Waals surface area contributed by atoms with E-state index >= 15 is 0 Å². The number of hydrogen-bond donors (Lipinski definition) is 2. The van der Waals surface area contributed by atoms with E-state index in [1.54, 1.807) is 11.3 Å². The van der Waals surface area contributed by atoms with E-state index in [2.05, 4.69) is 15.3 Å². The smallest absolute Gasteiger partial charge is 0.230 e. The predicted octanol–water partition coefficient (Wildman–Crippen LogP) is 2.51. The number of carbonyl (C=O) groups excluding carboxylic acids is 1. The van der Waals surface area contributed by atoms with E-state index in [9.17, 15) is 4.79 Å². The Morgan fingerprint density at radius 3 is 2.75 bits per heavy atom. The number of thioether (sulfide) groups is 1. The normalized spacial score (nSPS) is 11.2. The van der Waals surface area contributed by atoms with Crippen LogP contribution < -0.4 is 11.1 Å². The zero-order chi connectivity index (χ0) is 14.9. The quantitative estimate of drug-likeness (QED) is 0.670. The first kappa shape index (κ1) is 15.1. The zero-order valence-electron chi connectivity index (χ0n) is 12.0. The number of thiophene rings is 1. The third-order valence-corrected chi connectivity index (χ3v) is 4.77. The average Bonchev–Trinajstić information content (AvgIpc) is 2.62. The first-order valence-corrected chi connectivity index (χ1v) is 8.14. The number of rotatable bonds is 4. The zero-order valence-corrected chi connectivity index (χ0v) is 13.6. The predicted molar refractivity (Wildman–Crippen MR) is 85.3 cm³/mol. The lowest BCUT2D eigenvalue weighted by Crippen LogP contribution is -2.31. The highest BCUT2D eigenvalue weighted by Crippen LogP contribution is 2.33. The van der Waals surface area contributed by atoms with Crippen LogP contribution in [0.5, 0.6) is 0 Å². The number of nitrogens with zero attached hydrogens (tertiary/aromatic N) is 2. The Labute approximate surface area is 126 Å². The molecule has 0 spiro atoms. The van der Waals surface area contributed by atoms with Gasteiger partial charge in [-0.1, -0.05) is 11.8 Å².